The Bertz CT molecular complexity index is 488. The van der Waals surface area contributed by atoms with Crippen molar-refractivity contribution < 1.29 is 5.11 Å². The lowest BCUT2D eigenvalue weighted by Crippen LogP contribution is -1.95. The van der Waals surface area contributed by atoms with Crippen molar-refractivity contribution in [2.75, 3.05) is 0 Å². The SMILES string of the molecule is Cc1cc(O)ccc1-c1c(Br)nnn1C. The van der Waals surface area contributed by atoms with Crippen LogP contribution in [0.15, 0.2) is 22.8 Å². The highest BCUT2D eigenvalue weighted by Crippen LogP contribution is 2.30. The van der Waals surface area contributed by atoms with Gasteiger partial charge < -0.3 is 5.11 Å². The van der Waals surface area contributed by atoms with Crippen LogP contribution in [0, 0.1) is 6.92 Å². The molecule has 2 rings (SSSR count). The van der Waals surface area contributed by atoms with E-state index in [1.54, 1.807) is 16.8 Å². The van der Waals surface area contributed by atoms with Gasteiger partial charge in [-0.3, -0.25) is 0 Å². The van der Waals surface area contributed by atoms with E-state index in [9.17, 15) is 5.11 Å². The molecule has 2 aromatic rings. The Kier molecular flexibility index (Phi) is 2.48. The lowest BCUT2D eigenvalue weighted by molar-refractivity contribution is 0.475. The Morgan fingerprint density at radius 2 is 2.13 bits per heavy atom. The van der Waals surface area contributed by atoms with E-state index >= 15 is 0 Å². The molecule has 4 nitrogen and oxygen atoms in total. The molecule has 0 saturated carbocycles. The third-order valence-corrected chi connectivity index (χ3v) is 2.78. The number of benzene rings is 1. The van der Waals surface area contributed by atoms with E-state index in [0.717, 1.165) is 16.8 Å². The van der Waals surface area contributed by atoms with Crippen LogP contribution in [0.5, 0.6) is 5.75 Å². The van der Waals surface area contributed by atoms with Crippen molar-refractivity contribution in [3.8, 4) is 17.0 Å². The van der Waals surface area contributed by atoms with Crippen LogP contribution in [0.2, 0.25) is 0 Å². The summed E-state index contributed by atoms with van der Waals surface area (Å²) in [6, 6.07) is 5.23. The first-order chi connectivity index (χ1) is 7.09. The van der Waals surface area contributed by atoms with Crippen molar-refractivity contribution in [1.29, 1.82) is 0 Å². The van der Waals surface area contributed by atoms with Gasteiger partial charge in [-0.15, -0.1) is 5.10 Å². The number of nitrogens with zero attached hydrogens (tertiary/aromatic N) is 3. The molecule has 0 bridgehead atoms. The van der Waals surface area contributed by atoms with Crippen molar-refractivity contribution in [3.05, 3.63) is 28.4 Å². The standard InChI is InChI=1S/C10H10BrN3O/c1-6-5-7(15)3-4-8(6)9-10(11)12-13-14(9)2/h3-5,15H,1-2H3. The number of phenolic OH excluding ortho intramolecular Hbond substituents is 1. The Balaban J connectivity index is 2.64. The zero-order valence-corrected chi connectivity index (χ0v) is 9.98. The molecular weight excluding hydrogens is 258 g/mol. The van der Waals surface area contributed by atoms with Crippen LogP contribution in [-0.2, 0) is 7.05 Å². The molecule has 5 heteroatoms. The van der Waals surface area contributed by atoms with Gasteiger partial charge in [0.1, 0.15) is 11.4 Å². The predicted molar refractivity (Wildman–Crippen MR) is 60.5 cm³/mol. The van der Waals surface area contributed by atoms with Crippen molar-refractivity contribution in [1.82, 2.24) is 15.0 Å². The van der Waals surface area contributed by atoms with Crippen LogP contribution in [0.25, 0.3) is 11.3 Å². The molecule has 1 N–H and O–H groups in total. The molecule has 0 atom stereocenters. The summed E-state index contributed by atoms with van der Waals surface area (Å²) in [5.74, 6) is 0.266. The number of rotatable bonds is 1. The van der Waals surface area contributed by atoms with Gasteiger partial charge in [-0.05, 0) is 46.6 Å². The first kappa shape index (κ1) is 10.2. The number of hydrogen-bond acceptors (Lipinski definition) is 3. The summed E-state index contributed by atoms with van der Waals surface area (Å²) >= 11 is 3.35. The lowest BCUT2D eigenvalue weighted by atomic mass is 10.1. The number of aromatic nitrogens is 3. The summed E-state index contributed by atoms with van der Waals surface area (Å²) in [4.78, 5) is 0. The summed E-state index contributed by atoms with van der Waals surface area (Å²) in [5, 5.41) is 17.2. The highest BCUT2D eigenvalue weighted by Gasteiger charge is 2.12. The highest BCUT2D eigenvalue weighted by atomic mass is 79.9. The second kappa shape index (κ2) is 3.66. The van der Waals surface area contributed by atoms with Crippen LogP contribution in [0.3, 0.4) is 0 Å². The van der Waals surface area contributed by atoms with Crippen LogP contribution in [0.4, 0.5) is 0 Å². The molecule has 1 heterocycles. The minimum atomic E-state index is 0.266. The summed E-state index contributed by atoms with van der Waals surface area (Å²) in [6.07, 6.45) is 0. The summed E-state index contributed by atoms with van der Waals surface area (Å²) in [6.45, 7) is 1.94. The Labute approximate surface area is 95.7 Å². The van der Waals surface area contributed by atoms with Gasteiger partial charge in [-0.2, -0.15) is 0 Å². The number of halogens is 1. The van der Waals surface area contributed by atoms with E-state index in [0.29, 0.717) is 4.60 Å². The third kappa shape index (κ3) is 1.74. The first-order valence-corrected chi connectivity index (χ1v) is 5.24. The molecule has 0 unspecified atom stereocenters. The number of hydrogen-bond donors (Lipinski definition) is 1. The van der Waals surface area contributed by atoms with Crippen molar-refractivity contribution >= 4 is 15.9 Å². The van der Waals surface area contributed by atoms with Crippen LogP contribution >= 0.6 is 15.9 Å². The lowest BCUT2D eigenvalue weighted by Gasteiger charge is -2.06. The minimum Gasteiger partial charge on any atom is -0.508 e. The van der Waals surface area contributed by atoms with Gasteiger partial charge in [0.25, 0.3) is 0 Å². The molecule has 0 spiro atoms. The van der Waals surface area contributed by atoms with Crippen LogP contribution in [-0.4, -0.2) is 20.1 Å². The molecule has 1 aromatic carbocycles. The minimum absolute atomic E-state index is 0.266. The zero-order valence-electron chi connectivity index (χ0n) is 8.40. The Morgan fingerprint density at radius 1 is 1.40 bits per heavy atom. The van der Waals surface area contributed by atoms with Crippen LogP contribution in [0.1, 0.15) is 5.56 Å². The average Bonchev–Trinajstić information content (AvgIpc) is 2.48. The summed E-state index contributed by atoms with van der Waals surface area (Å²) < 4.78 is 2.41. The quantitative estimate of drug-likeness (QED) is 0.863. The summed E-state index contributed by atoms with van der Waals surface area (Å²) in [5.41, 5.74) is 2.90. The topological polar surface area (TPSA) is 50.9 Å². The van der Waals surface area contributed by atoms with Crippen LogP contribution < -0.4 is 0 Å². The van der Waals surface area contributed by atoms with Gasteiger partial charge in [-0.25, -0.2) is 4.68 Å². The van der Waals surface area contributed by atoms with Crippen molar-refractivity contribution in [2.24, 2.45) is 7.05 Å². The molecule has 15 heavy (non-hydrogen) atoms. The fourth-order valence-electron chi connectivity index (χ4n) is 1.53. The van der Waals surface area contributed by atoms with E-state index < -0.39 is 0 Å². The van der Waals surface area contributed by atoms with Gasteiger partial charge in [0.05, 0.1) is 0 Å². The largest absolute Gasteiger partial charge is 0.508 e. The van der Waals surface area contributed by atoms with Gasteiger partial charge in [0, 0.05) is 12.6 Å². The molecule has 1 aromatic heterocycles. The molecule has 78 valence electrons. The molecule has 0 radical (unpaired) electrons. The maximum Gasteiger partial charge on any atom is 0.156 e. The molecule has 0 aliphatic rings. The zero-order chi connectivity index (χ0) is 11.0. The molecule has 0 fully saturated rings. The fraction of sp³-hybridized carbons (Fsp3) is 0.200. The van der Waals surface area contributed by atoms with E-state index in [-0.39, 0.29) is 5.75 Å². The van der Waals surface area contributed by atoms with Crippen molar-refractivity contribution in [3.63, 3.8) is 0 Å². The second-order valence-electron chi connectivity index (χ2n) is 3.35. The Hall–Kier alpha value is -1.36. The van der Waals surface area contributed by atoms with Gasteiger partial charge in [-0.1, -0.05) is 5.21 Å². The van der Waals surface area contributed by atoms with E-state index in [1.807, 2.05) is 20.0 Å². The monoisotopic (exact) mass is 267 g/mol. The molecule has 0 aliphatic heterocycles. The van der Waals surface area contributed by atoms with E-state index in [4.69, 9.17) is 0 Å². The fourth-order valence-corrected chi connectivity index (χ4v) is 2.07. The molecular formula is C10H10BrN3O. The first-order valence-electron chi connectivity index (χ1n) is 4.45. The predicted octanol–water partition coefficient (Wildman–Crippen LogP) is 2.26. The van der Waals surface area contributed by atoms with E-state index in [1.165, 1.54) is 0 Å². The maximum absolute atomic E-state index is 9.32. The molecule has 0 amide bonds. The van der Waals surface area contributed by atoms with Gasteiger partial charge in [0.2, 0.25) is 0 Å². The van der Waals surface area contributed by atoms with Crippen molar-refractivity contribution in [2.45, 2.75) is 6.92 Å². The third-order valence-electron chi connectivity index (χ3n) is 2.25. The average molecular weight is 268 g/mol. The maximum atomic E-state index is 9.32. The Morgan fingerprint density at radius 3 is 2.67 bits per heavy atom. The van der Waals surface area contributed by atoms with Gasteiger partial charge in [0.15, 0.2) is 4.60 Å². The smallest absolute Gasteiger partial charge is 0.156 e. The molecule has 0 saturated heterocycles. The normalized spacial score (nSPS) is 10.6. The molecule has 0 aliphatic carbocycles. The second-order valence-corrected chi connectivity index (χ2v) is 4.10. The van der Waals surface area contributed by atoms with Gasteiger partial charge >= 0.3 is 0 Å². The van der Waals surface area contributed by atoms with E-state index in [2.05, 4.69) is 26.2 Å². The number of aromatic hydroxyl groups is 1. The summed E-state index contributed by atoms with van der Waals surface area (Å²) in [7, 11) is 1.83. The number of phenols is 1. The highest BCUT2D eigenvalue weighted by molar-refractivity contribution is 9.10. The number of aryl methyl sites for hydroxylation is 2.